The third-order valence-corrected chi connectivity index (χ3v) is 5.82. The average Bonchev–Trinajstić information content (AvgIpc) is 2.94. The van der Waals surface area contributed by atoms with Crippen LogP contribution >= 0.6 is 0 Å². The molecule has 0 unspecified atom stereocenters. The predicted molar refractivity (Wildman–Crippen MR) is 105 cm³/mol. The van der Waals surface area contributed by atoms with E-state index < -0.39 is 5.60 Å². The molecule has 136 valence electrons. The van der Waals surface area contributed by atoms with Gasteiger partial charge >= 0.3 is 0 Å². The molecule has 0 radical (unpaired) electrons. The lowest BCUT2D eigenvalue weighted by Gasteiger charge is -2.31. The molecule has 1 aromatic carbocycles. The maximum Gasteiger partial charge on any atom is 0.107 e. The van der Waals surface area contributed by atoms with Crippen molar-refractivity contribution < 1.29 is 5.11 Å². The van der Waals surface area contributed by atoms with Gasteiger partial charge in [0.15, 0.2) is 0 Å². The summed E-state index contributed by atoms with van der Waals surface area (Å²) in [5.74, 6) is 0. The molecule has 2 aromatic heterocycles. The van der Waals surface area contributed by atoms with Gasteiger partial charge in [-0.1, -0.05) is 18.6 Å². The molecule has 3 aromatic rings. The fraction of sp³-hybridized carbons (Fsp3) is 0.409. The number of fused-ring (bicyclic) bond motifs is 3. The molecule has 0 fully saturated rings. The summed E-state index contributed by atoms with van der Waals surface area (Å²) in [5.41, 5.74) is 5.36. The normalized spacial score (nSPS) is 17.2. The van der Waals surface area contributed by atoms with Gasteiger partial charge in [-0.3, -0.25) is 4.98 Å². The fourth-order valence-electron chi connectivity index (χ4n) is 4.21. The van der Waals surface area contributed by atoms with Crippen LogP contribution in [0.3, 0.4) is 0 Å². The summed E-state index contributed by atoms with van der Waals surface area (Å²) in [7, 11) is 2.18. The minimum atomic E-state index is -0.892. The number of benzene rings is 1. The Morgan fingerprint density at radius 1 is 1.19 bits per heavy atom. The second-order valence-electron chi connectivity index (χ2n) is 7.64. The molecule has 1 atom stereocenters. The maximum atomic E-state index is 11.5. The summed E-state index contributed by atoms with van der Waals surface area (Å²) in [6.45, 7) is 6.81. The standard InChI is InChI=1S/C22H27N3O/c1-4-22(26,17-7-10-23-11-8-17)15-25-20-6-5-16(2)13-18(20)19-14-24(3)12-9-21(19)25/h5-8,10-11,13,26H,4,9,12,14-15H2,1-3H3/t22-/m0/s1. The maximum absolute atomic E-state index is 11.5. The van der Waals surface area contributed by atoms with Crippen molar-refractivity contribution in [2.75, 3.05) is 13.6 Å². The molecule has 0 amide bonds. The van der Waals surface area contributed by atoms with Gasteiger partial charge in [-0.05, 0) is 55.8 Å². The zero-order chi connectivity index (χ0) is 18.3. The first-order valence-electron chi connectivity index (χ1n) is 9.44. The number of hydrogen-bond donors (Lipinski definition) is 1. The van der Waals surface area contributed by atoms with Gasteiger partial charge in [0.05, 0.1) is 6.54 Å². The smallest absolute Gasteiger partial charge is 0.107 e. The van der Waals surface area contributed by atoms with E-state index in [9.17, 15) is 5.11 Å². The second-order valence-corrected chi connectivity index (χ2v) is 7.64. The van der Waals surface area contributed by atoms with Crippen LogP contribution in [-0.2, 0) is 25.1 Å². The summed E-state index contributed by atoms with van der Waals surface area (Å²) >= 11 is 0. The molecule has 4 rings (SSSR count). The Bertz CT molecular complexity index is 931. The topological polar surface area (TPSA) is 41.3 Å². The number of hydrogen-bond acceptors (Lipinski definition) is 3. The SMILES string of the molecule is CC[C@](O)(Cn1c2c(c3cc(C)ccc31)CN(C)CC2)c1ccncc1. The van der Waals surface area contributed by atoms with E-state index in [4.69, 9.17) is 0 Å². The monoisotopic (exact) mass is 349 g/mol. The third kappa shape index (κ3) is 2.83. The lowest BCUT2D eigenvalue weighted by molar-refractivity contribution is 0.0145. The molecule has 3 heterocycles. The molecule has 0 bridgehead atoms. The van der Waals surface area contributed by atoms with Gasteiger partial charge in [0.2, 0.25) is 0 Å². The van der Waals surface area contributed by atoms with Crippen molar-refractivity contribution >= 4 is 10.9 Å². The molecule has 1 aliphatic heterocycles. The van der Waals surface area contributed by atoms with Crippen LogP contribution in [0.1, 0.15) is 35.7 Å². The molecular weight excluding hydrogens is 322 g/mol. The molecule has 0 spiro atoms. The van der Waals surface area contributed by atoms with Crippen molar-refractivity contribution in [2.45, 2.75) is 45.4 Å². The van der Waals surface area contributed by atoms with Crippen LogP contribution in [0, 0.1) is 6.92 Å². The van der Waals surface area contributed by atoms with Crippen LogP contribution < -0.4 is 0 Å². The summed E-state index contributed by atoms with van der Waals surface area (Å²) in [6, 6.07) is 10.5. The number of likely N-dealkylation sites (N-methyl/N-ethyl adjacent to an activating group) is 1. The van der Waals surface area contributed by atoms with E-state index in [0.717, 1.165) is 25.1 Å². The fourth-order valence-corrected chi connectivity index (χ4v) is 4.21. The van der Waals surface area contributed by atoms with Gasteiger partial charge in [0.1, 0.15) is 5.60 Å². The van der Waals surface area contributed by atoms with Gasteiger partial charge < -0.3 is 14.6 Å². The zero-order valence-electron chi connectivity index (χ0n) is 15.9. The molecule has 4 heteroatoms. The van der Waals surface area contributed by atoms with Crippen LogP contribution in [-0.4, -0.2) is 33.1 Å². The van der Waals surface area contributed by atoms with Crippen molar-refractivity contribution in [3.8, 4) is 0 Å². The van der Waals surface area contributed by atoms with Crippen LogP contribution in [0.4, 0.5) is 0 Å². The van der Waals surface area contributed by atoms with Crippen molar-refractivity contribution in [2.24, 2.45) is 0 Å². The highest BCUT2D eigenvalue weighted by Crippen LogP contribution is 2.35. The Labute approximate surface area is 155 Å². The van der Waals surface area contributed by atoms with E-state index in [0.29, 0.717) is 13.0 Å². The Kier molecular flexibility index (Phi) is 4.33. The molecular formula is C22H27N3O. The van der Waals surface area contributed by atoms with Gasteiger partial charge in [-0.2, -0.15) is 0 Å². The Morgan fingerprint density at radius 3 is 2.69 bits per heavy atom. The molecule has 1 aliphatic rings. The highest BCUT2D eigenvalue weighted by Gasteiger charge is 2.31. The average molecular weight is 349 g/mol. The quantitative estimate of drug-likeness (QED) is 0.782. The van der Waals surface area contributed by atoms with Crippen molar-refractivity contribution in [3.05, 3.63) is 65.1 Å². The van der Waals surface area contributed by atoms with Crippen LogP contribution in [0.15, 0.2) is 42.7 Å². The van der Waals surface area contributed by atoms with Crippen LogP contribution in [0.5, 0.6) is 0 Å². The minimum Gasteiger partial charge on any atom is -0.383 e. The van der Waals surface area contributed by atoms with Crippen molar-refractivity contribution in [1.82, 2.24) is 14.5 Å². The first-order chi connectivity index (χ1) is 12.5. The first kappa shape index (κ1) is 17.3. The molecule has 26 heavy (non-hydrogen) atoms. The Hall–Kier alpha value is -2.17. The highest BCUT2D eigenvalue weighted by molar-refractivity contribution is 5.86. The van der Waals surface area contributed by atoms with Gasteiger partial charge in [0.25, 0.3) is 0 Å². The highest BCUT2D eigenvalue weighted by atomic mass is 16.3. The Balaban J connectivity index is 1.86. The second kappa shape index (κ2) is 6.53. The van der Waals surface area contributed by atoms with E-state index in [1.165, 1.54) is 27.7 Å². The zero-order valence-corrected chi connectivity index (χ0v) is 15.9. The first-order valence-corrected chi connectivity index (χ1v) is 9.44. The number of aliphatic hydroxyl groups is 1. The minimum absolute atomic E-state index is 0.576. The van der Waals surface area contributed by atoms with Crippen LogP contribution in [0.2, 0.25) is 0 Å². The van der Waals surface area contributed by atoms with Gasteiger partial charge in [0, 0.05) is 48.5 Å². The van der Waals surface area contributed by atoms with Crippen LogP contribution in [0.25, 0.3) is 10.9 Å². The number of aromatic nitrogens is 2. The van der Waals surface area contributed by atoms with E-state index in [1.54, 1.807) is 12.4 Å². The molecule has 4 nitrogen and oxygen atoms in total. The lowest BCUT2D eigenvalue weighted by atomic mass is 9.91. The Morgan fingerprint density at radius 2 is 1.96 bits per heavy atom. The van der Waals surface area contributed by atoms with E-state index in [-0.39, 0.29) is 0 Å². The summed E-state index contributed by atoms with van der Waals surface area (Å²) in [6.07, 6.45) is 5.21. The van der Waals surface area contributed by atoms with Crippen molar-refractivity contribution in [1.29, 1.82) is 0 Å². The van der Waals surface area contributed by atoms with Crippen molar-refractivity contribution in [3.63, 3.8) is 0 Å². The number of rotatable bonds is 4. The van der Waals surface area contributed by atoms with E-state index in [2.05, 4.69) is 53.5 Å². The predicted octanol–water partition coefficient (Wildman–Crippen LogP) is 3.63. The number of pyridine rings is 1. The third-order valence-electron chi connectivity index (χ3n) is 5.82. The van der Waals surface area contributed by atoms with Gasteiger partial charge in [-0.15, -0.1) is 0 Å². The largest absolute Gasteiger partial charge is 0.383 e. The summed E-state index contributed by atoms with van der Waals surface area (Å²) < 4.78 is 2.36. The molecule has 1 N–H and O–H groups in total. The number of nitrogens with zero attached hydrogens (tertiary/aromatic N) is 3. The molecule has 0 aliphatic carbocycles. The molecule has 0 saturated carbocycles. The summed E-state index contributed by atoms with van der Waals surface area (Å²) in [4.78, 5) is 6.48. The van der Waals surface area contributed by atoms with Gasteiger partial charge in [-0.25, -0.2) is 0 Å². The summed E-state index contributed by atoms with van der Waals surface area (Å²) in [5, 5.41) is 12.8. The lowest BCUT2D eigenvalue weighted by Crippen LogP contribution is -2.33. The number of aryl methyl sites for hydroxylation is 1. The molecule has 0 saturated heterocycles. The van der Waals surface area contributed by atoms with E-state index >= 15 is 0 Å². The van der Waals surface area contributed by atoms with E-state index in [1.807, 2.05) is 12.1 Å².